The molecule has 0 saturated carbocycles. The van der Waals surface area contributed by atoms with Crippen molar-refractivity contribution >= 4 is 5.78 Å². The summed E-state index contributed by atoms with van der Waals surface area (Å²) in [6.45, 7) is 3.74. The van der Waals surface area contributed by atoms with Crippen molar-refractivity contribution < 1.29 is 39.8 Å². The van der Waals surface area contributed by atoms with Crippen LogP contribution in [0.5, 0.6) is 0 Å². The maximum Gasteiger partial charge on any atom is 0.187 e. The zero-order valence-electron chi connectivity index (χ0n) is 25.7. The van der Waals surface area contributed by atoms with Crippen LogP contribution in [0.4, 0.5) is 0 Å². The topological polar surface area (TPSA) is 163 Å². The molecule has 9 nitrogen and oxygen atoms in total. The zero-order valence-corrected chi connectivity index (χ0v) is 25.7. The monoisotopic (exact) mass is 587 g/mol. The van der Waals surface area contributed by atoms with E-state index < -0.39 is 55.6 Å². The highest BCUT2D eigenvalue weighted by Crippen LogP contribution is 2.25. The summed E-state index contributed by atoms with van der Waals surface area (Å²) in [4.78, 5) is 13.1. The van der Waals surface area contributed by atoms with Gasteiger partial charge in [0, 0.05) is 6.42 Å². The van der Waals surface area contributed by atoms with Gasteiger partial charge in [0.1, 0.15) is 30.5 Å². The number of aliphatic hydroxyl groups excluding tert-OH is 5. The van der Waals surface area contributed by atoms with Crippen molar-refractivity contribution in [3.05, 3.63) is 12.2 Å². The van der Waals surface area contributed by atoms with Gasteiger partial charge in [-0.1, -0.05) is 116 Å². The maximum absolute atomic E-state index is 13.1. The molecule has 0 radical (unpaired) electrons. The Kier molecular flexibility index (Phi) is 21.9. The van der Waals surface area contributed by atoms with E-state index in [0.29, 0.717) is 6.42 Å². The number of carbonyl (C=O) groups is 1. The van der Waals surface area contributed by atoms with Crippen LogP contribution in [-0.4, -0.2) is 86.9 Å². The van der Waals surface area contributed by atoms with E-state index in [4.69, 9.17) is 15.2 Å². The van der Waals surface area contributed by atoms with E-state index in [1.807, 2.05) is 6.08 Å². The van der Waals surface area contributed by atoms with Crippen LogP contribution in [0.1, 0.15) is 129 Å². The maximum atomic E-state index is 13.1. The lowest BCUT2D eigenvalue weighted by molar-refractivity contribution is -0.310. The average Bonchev–Trinajstić information content (AvgIpc) is 2.97. The van der Waals surface area contributed by atoms with Crippen molar-refractivity contribution in [2.75, 3.05) is 6.61 Å². The molecule has 1 saturated heterocycles. The lowest BCUT2D eigenvalue weighted by Crippen LogP contribution is -2.61. The van der Waals surface area contributed by atoms with E-state index in [1.54, 1.807) is 6.08 Å². The molecule has 0 aromatic heterocycles. The second-order valence-corrected chi connectivity index (χ2v) is 11.7. The van der Waals surface area contributed by atoms with Crippen LogP contribution in [0.3, 0.4) is 0 Å². The van der Waals surface area contributed by atoms with E-state index in [2.05, 4.69) is 13.8 Å². The first-order chi connectivity index (χ1) is 19.8. The smallest absolute Gasteiger partial charge is 0.187 e. The van der Waals surface area contributed by atoms with Gasteiger partial charge in [0.2, 0.25) is 0 Å². The molecule has 41 heavy (non-hydrogen) atoms. The first kappa shape index (κ1) is 38.1. The Morgan fingerprint density at radius 1 is 0.805 bits per heavy atom. The van der Waals surface area contributed by atoms with E-state index in [9.17, 15) is 30.3 Å². The summed E-state index contributed by atoms with van der Waals surface area (Å²) in [7, 11) is 0. The van der Waals surface area contributed by atoms with E-state index >= 15 is 0 Å². The number of hydrogen-bond donors (Lipinski definition) is 6. The number of carbonyl (C=O) groups excluding carboxylic acids is 1. The van der Waals surface area contributed by atoms with Crippen LogP contribution in [-0.2, 0) is 14.3 Å². The Morgan fingerprint density at radius 2 is 1.32 bits per heavy atom. The summed E-state index contributed by atoms with van der Waals surface area (Å²) < 4.78 is 11.2. The van der Waals surface area contributed by atoms with Gasteiger partial charge < -0.3 is 40.7 Å². The molecule has 0 aromatic carbocycles. The zero-order chi connectivity index (χ0) is 30.5. The molecule has 4 unspecified atom stereocenters. The predicted molar refractivity (Wildman–Crippen MR) is 161 cm³/mol. The van der Waals surface area contributed by atoms with Gasteiger partial charge in [-0.15, -0.1) is 0 Å². The largest absolute Gasteiger partial charge is 0.394 e. The number of unbranched alkanes of at least 4 members (excludes halogenated alkanes) is 15. The molecule has 1 aliphatic heterocycles. The van der Waals surface area contributed by atoms with Crippen molar-refractivity contribution in [3.8, 4) is 0 Å². The number of hydrogen-bond acceptors (Lipinski definition) is 9. The summed E-state index contributed by atoms with van der Waals surface area (Å²) in [5, 5.41) is 50.9. The van der Waals surface area contributed by atoms with Crippen molar-refractivity contribution in [1.29, 1.82) is 0 Å². The number of aliphatic hydroxyl groups is 5. The second-order valence-electron chi connectivity index (χ2n) is 11.7. The molecule has 1 rings (SSSR count). The van der Waals surface area contributed by atoms with Gasteiger partial charge in [0.05, 0.1) is 18.8 Å². The molecule has 0 amide bonds. The van der Waals surface area contributed by atoms with Crippen LogP contribution >= 0.6 is 0 Å². The minimum Gasteiger partial charge on any atom is -0.394 e. The van der Waals surface area contributed by atoms with Crippen molar-refractivity contribution in [3.63, 3.8) is 0 Å². The first-order valence-electron chi connectivity index (χ1n) is 16.4. The van der Waals surface area contributed by atoms with Crippen LogP contribution in [0.2, 0.25) is 0 Å². The Balaban J connectivity index is 2.58. The number of rotatable bonds is 25. The fourth-order valence-corrected chi connectivity index (χ4v) is 5.22. The molecule has 0 aromatic rings. The number of ketones is 1. The summed E-state index contributed by atoms with van der Waals surface area (Å²) in [5.41, 5.74) is 6.31. The van der Waals surface area contributed by atoms with Crippen molar-refractivity contribution in [2.24, 2.45) is 5.73 Å². The lowest BCUT2D eigenvalue weighted by atomic mass is 9.96. The van der Waals surface area contributed by atoms with Crippen LogP contribution in [0.15, 0.2) is 12.2 Å². The van der Waals surface area contributed by atoms with E-state index in [0.717, 1.165) is 44.9 Å². The molecule has 1 heterocycles. The number of nitrogens with two attached hydrogens (primary N) is 1. The highest BCUT2D eigenvalue weighted by atomic mass is 16.7. The Bertz CT molecular complexity index is 676. The van der Waals surface area contributed by atoms with Gasteiger partial charge in [-0.05, 0) is 19.3 Å². The normalized spacial score (nSPS) is 25.4. The summed E-state index contributed by atoms with van der Waals surface area (Å²) in [5.74, 6) is -0.330. The van der Waals surface area contributed by atoms with Gasteiger partial charge in [0.15, 0.2) is 12.1 Å². The third-order valence-corrected chi connectivity index (χ3v) is 8.02. The minimum atomic E-state index is -1.66. The molecule has 0 bridgehead atoms. The second kappa shape index (κ2) is 23.5. The van der Waals surface area contributed by atoms with Crippen LogP contribution < -0.4 is 5.73 Å². The van der Waals surface area contributed by atoms with Gasteiger partial charge in [-0.25, -0.2) is 0 Å². The molecule has 1 aliphatic rings. The van der Waals surface area contributed by atoms with Crippen LogP contribution in [0.25, 0.3) is 0 Å². The molecule has 8 atom stereocenters. The highest BCUT2D eigenvalue weighted by Gasteiger charge is 2.46. The van der Waals surface area contributed by atoms with Gasteiger partial charge in [-0.2, -0.15) is 0 Å². The summed E-state index contributed by atoms with van der Waals surface area (Å²) in [6, 6.07) is -1.13. The standard InChI is InChI=1S/C32H61NO8/c1-3-5-7-9-10-11-12-13-14-15-16-18-19-21-24(35)27(33)31(25(36)22-20-17-8-6-4-2)41-32-30(39)29(38)28(37)26(23-34)40-32/h19,21,24,26-32,34-35,37-39H,3-18,20,22-23,33H2,1-2H3/t24?,26-,27?,28-,29+,30-,31?,32?/m1/s1. The Labute approximate surface area is 248 Å². The first-order valence-corrected chi connectivity index (χ1v) is 16.4. The predicted octanol–water partition coefficient (Wildman–Crippen LogP) is 4.05. The molecule has 242 valence electrons. The van der Waals surface area contributed by atoms with Crippen molar-refractivity contribution in [2.45, 2.75) is 178 Å². The minimum absolute atomic E-state index is 0.189. The third-order valence-electron chi connectivity index (χ3n) is 8.02. The highest BCUT2D eigenvalue weighted by molar-refractivity contribution is 5.84. The quantitative estimate of drug-likeness (QED) is 0.0683. The third kappa shape index (κ3) is 15.4. The molecule has 7 N–H and O–H groups in total. The summed E-state index contributed by atoms with van der Waals surface area (Å²) in [6.07, 6.45) is 13.0. The summed E-state index contributed by atoms with van der Waals surface area (Å²) >= 11 is 0. The van der Waals surface area contributed by atoms with Gasteiger partial charge in [0.25, 0.3) is 0 Å². The SMILES string of the molecule is CCCCCCCCCCCCCC=CC(O)C(N)C(OC1O[C@H](CO)[C@@H](O)[C@H](O)[C@H]1O)C(=O)CCCCCCC. The molecular formula is C32H61NO8. The molecule has 0 spiro atoms. The van der Waals surface area contributed by atoms with Gasteiger partial charge >= 0.3 is 0 Å². The number of Topliss-reactive ketones (excluding diaryl/α,β-unsaturated/α-hetero) is 1. The fraction of sp³-hybridized carbons (Fsp3) is 0.906. The Morgan fingerprint density at radius 3 is 1.85 bits per heavy atom. The molecule has 1 fully saturated rings. The van der Waals surface area contributed by atoms with Crippen LogP contribution in [0, 0.1) is 0 Å². The molecular weight excluding hydrogens is 526 g/mol. The fourth-order valence-electron chi connectivity index (χ4n) is 5.22. The van der Waals surface area contributed by atoms with Crippen molar-refractivity contribution in [1.82, 2.24) is 0 Å². The van der Waals surface area contributed by atoms with E-state index in [1.165, 1.54) is 57.8 Å². The van der Waals surface area contributed by atoms with Gasteiger partial charge in [-0.3, -0.25) is 4.79 Å². The van der Waals surface area contributed by atoms with E-state index in [-0.39, 0.29) is 12.2 Å². The molecule has 0 aliphatic carbocycles. The number of ether oxygens (including phenoxy) is 2. The Hall–Kier alpha value is -0.910. The molecule has 9 heteroatoms. The average molecular weight is 588 g/mol. The number of allylic oxidation sites excluding steroid dienone is 1. The lowest BCUT2D eigenvalue weighted by Gasteiger charge is -2.41.